The maximum absolute atomic E-state index is 12.4. The molecule has 0 spiro atoms. The van der Waals surface area contributed by atoms with Crippen LogP contribution in [-0.2, 0) is 10.0 Å². The molecule has 0 saturated carbocycles. The van der Waals surface area contributed by atoms with Crippen molar-refractivity contribution in [3.05, 3.63) is 35.9 Å². The molecule has 1 N–H and O–H groups in total. The second-order valence-corrected chi connectivity index (χ2v) is 6.78. The highest BCUT2D eigenvalue weighted by Crippen LogP contribution is 2.22. The molecule has 1 aromatic carbocycles. The van der Waals surface area contributed by atoms with Crippen molar-refractivity contribution < 1.29 is 26.7 Å². The Morgan fingerprint density at radius 2 is 1.81 bits per heavy atom. The molecule has 1 unspecified atom stereocenters. The van der Waals surface area contributed by atoms with Crippen molar-refractivity contribution in [2.75, 3.05) is 25.4 Å². The van der Waals surface area contributed by atoms with Gasteiger partial charge in [-0.15, -0.1) is 0 Å². The molecule has 0 bridgehead atoms. The number of hydrogen-bond donors (Lipinski definition) is 1. The molecular weight excluding hydrogens is 307 g/mol. The van der Waals surface area contributed by atoms with Crippen molar-refractivity contribution in [2.45, 2.75) is 19.0 Å². The topological polar surface area (TPSA) is 57.6 Å². The van der Waals surface area contributed by atoms with Gasteiger partial charge in [0, 0.05) is 6.54 Å². The number of halogens is 3. The minimum Gasteiger partial charge on any atom is -0.395 e. The van der Waals surface area contributed by atoms with Crippen molar-refractivity contribution >= 4 is 10.0 Å². The number of aliphatic hydroxyl groups excluding tert-OH is 1. The lowest BCUT2D eigenvalue weighted by atomic mass is 10.0. The van der Waals surface area contributed by atoms with Crippen molar-refractivity contribution in [3.63, 3.8) is 0 Å². The van der Waals surface area contributed by atoms with Gasteiger partial charge >= 0.3 is 6.18 Å². The fourth-order valence-electron chi connectivity index (χ4n) is 1.93. The Kier molecular flexibility index (Phi) is 6.18. The third kappa shape index (κ3) is 6.03. The maximum atomic E-state index is 12.4. The van der Waals surface area contributed by atoms with E-state index in [0.717, 1.165) is 5.56 Å². The van der Waals surface area contributed by atoms with Crippen molar-refractivity contribution in [1.82, 2.24) is 4.31 Å². The summed E-state index contributed by atoms with van der Waals surface area (Å²) in [5.41, 5.74) is 0.733. The molecule has 1 atom stereocenters. The zero-order valence-electron chi connectivity index (χ0n) is 11.5. The van der Waals surface area contributed by atoms with Gasteiger partial charge in [0.2, 0.25) is 10.0 Å². The maximum Gasteiger partial charge on any atom is 0.402 e. The van der Waals surface area contributed by atoms with Crippen LogP contribution >= 0.6 is 0 Å². The summed E-state index contributed by atoms with van der Waals surface area (Å²) >= 11 is 0. The van der Waals surface area contributed by atoms with Crippen LogP contribution in [0.25, 0.3) is 0 Å². The van der Waals surface area contributed by atoms with Gasteiger partial charge in [-0.1, -0.05) is 37.3 Å². The summed E-state index contributed by atoms with van der Waals surface area (Å²) in [6, 6.07) is 8.69. The molecule has 0 aliphatic carbocycles. The fourth-order valence-corrected chi connectivity index (χ4v) is 3.67. The highest BCUT2D eigenvalue weighted by molar-refractivity contribution is 7.89. The molecule has 0 saturated heterocycles. The molecule has 0 aliphatic heterocycles. The van der Waals surface area contributed by atoms with Crippen LogP contribution in [0.1, 0.15) is 18.4 Å². The van der Waals surface area contributed by atoms with Crippen LogP contribution in [0.5, 0.6) is 0 Å². The molecule has 21 heavy (non-hydrogen) atoms. The smallest absolute Gasteiger partial charge is 0.395 e. The van der Waals surface area contributed by atoms with Gasteiger partial charge in [-0.2, -0.15) is 17.5 Å². The van der Waals surface area contributed by atoms with Gasteiger partial charge in [-0.05, 0) is 11.5 Å². The molecule has 0 amide bonds. The minimum atomic E-state index is -4.64. The first-order valence-corrected chi connectivity index (χ1v) is 7.97. The van der Waals surface area contributed by atoms with Crippen LogP contribution in [0.4, 0.5) is 13.2 Å². The number of sulfonamides is 1. The van der Waals surface area contributed by atoms with Gasteiger partial charge in [0.05, 0.1) is 12.4 Å². The Morgan fingerprint density at radius 1 is 1.24 bits per heavy atom. The number of benzene rings is 1. The summed E-state index contributed by atoms with van der Waals surface area (Å²) in [7, 11) is -4.11. The fraction of sp³-hybridized carbons (Fsp3) is 0.538. The quantitative estimate of drug-likeness (QED) is 0.834. The normalized spacial score (nSPS) is 14.4. The number of hydrogen-bond acceptors (Lipinski definition) is 3. The van der Waals surface area contributed by atoms with E-state index in [9.17, 15) is 21.6 Å². The second kappa shape index (κ2) is 7.24. The van der Waals surface area contributed by atoms with E-state index in [-0.39, 0.29) is 4.31 Å². The van der Waals surface area contributed by atoms with E-state index in [0.29, 0.717) is 0 Å². The number of rotatable bonds is 7. The summed E-state index contributed by atoms with van der Waals surface area (Å²) in [4.78, 5) is 0. The Hall–Kier alpha value is -1.12. The van der Waals surface area contributed by atoms with E-state index in [1.807, 2.05) is 0 Å². The average molecular weight is 325 g/mol. The lowest BCUT2D eigenvalue weighted by Gasteiger charge is -2.24. The van der Waals surface area contributed by atoms with Crippen molar-refractivity contribution in [2.24, 2.45) is 0 Å². The zero-order chi connectivity index (χ0) is 16.1. The number of aliphatic hydroxyl groups is 1. The van der Waals surface area contributed by atoms with Crippen molar-refractivity contribution in [3.8, 4) is 0 Å². The van der Waals surface area contributed by atoms with Crippen LogP contribution < -0.4 is 0 Å². The molecule has 0 aromatic heterocycles. The first kappa shape index (κ1) is 17.9. The monoisotopic (exact) mass is 325 g/mol. The van der Waals surface area contributed by atoms with Gasteiger partial charge in [-0.3, -0.25) is 0 Å². The molecule has 0 heterocycles. The Labute approximate surface area is 122 Å². The zero-order valence-corrected chi connectivity index (χ0v) is 12.4. The number of alkyl halides is 3. The summed E-state index contributed by atoms with van der Waals surface area (Å²) in [6.45, 7) is -1.17. The Bertz CT molecular complexity index is 531. The lowest BCUT2D eigenvalue weighted by molar-refractivity contribution is -0.136. The standard InChI is InChI=1S/C13H18F3NO3S/c1-11(12-5-3-2-4-6-12)9-21(19,20)17(7-8-18)10-13(14,15)16/h2-6,11,18H,7-10H2,1H3. The van der Waals surface area contributed by atoms with Gasteiger partial charge in [0.15, 0.2) is 0 Å². The van der Waals surface area contributed by atoms with Crippen LogP contribution in [0.15, 0.2) is 30.3 Å². The average Bonchev–Trinajstić information content (AvgIpc) is 2.37. The van der Waals surface area contributed by atoms with Gasteiger partial charge in [0.1, 0.15) is 6.54 Å². The van der Waals surface area contributed by atoms with Gasteiger partial charge < -0.3 is 5.11 Å². The van der Waals surface area contributed by atoms with E-state index in [2.05, 4.69) is 0 Å². The first-order valence-electron chi connectivity index (χ1n) is 6.36. The van der Waals surface area contributed by atoms with E-state index in [1.165, 1.54) is 0 Å². The Morgan fingerprint density at radius 3 is 2.29 bits per heavy atom. The van der Waals surface area contributed by atoms with Gasteiger partial charge in [0.25, 0.3) is 0 Å². The van der Waals surface area contributed by atoms with E-state index in [4.69, 9.17) is 5.11 Å². The first-order chi connectivity index (χ1) is 9.65. The van der Waals surface area contributed by atoms with E-state index >= 15 is 0 Å². The minimum absolute atomic E-state index is 0.284. The molecule has 0 fully saturated rings. The van der Waals surface area contributed by atoms with Crippen molar-refractivity contribution in [1.29, 1.82) is 0 Å². The SMILES string of the molecule is CC(CS(=O)(=O)N(CCO)CC(F)(F)F)c1ccccc1. The van der Waals surface area contributed by atoms with Gasteiger partial charge in [-0.25, -0.2) is 8.42 Å². The molecule has 120 valence electrons. The predicted molar refractivity (Wildman–Crippen MR) is 73.4 cm³/mol. The van der Waals surface area contributed by atoms with E-state index < -0.39 is 47.6 Å². The van der Waals surface area contributed by atoms with Crippen LogP contribution in [-0.4, -0.2) is 49.5 Å². The molecule has 1 rings (SSSR count). The summed E-state index contributed by atoms with van der Waals surface area (Å²) in [5.74, 6) is -0.877. The third-order valence-electron chi connectivity index (χ3n) is 2.93. The Balaban J connectivity index is 2.86. The summed E-state index contributed by atoms with van der Waals surface area (Å²) in [6.07, 6.45) is -4.64. The van der Waals surface area contributed by atoms with Crippen LogP contribution in [0.2, 0.25) is 0 Å². The molecule has 4 nitrogen and oxygen atoms in total. The number of nitrogens with zero attached hydrogens (tertiary/aromatic N) is 1. The molecule has 0 aliphatic rings. The van der Waals surface area contributed by atoms with Crippen LogP contribution in [0.3, 0.4) is 0 Å². The highest BCUT2D eigenvalue weighted by Gasteiger charge is 2.36. The summed E-state index contributed by atoms with van der Waals surface area (Å²) < 4.78 is 61.8. The third-order valence-corrected chi connectivity index (χ3v) is 4.95. The molecule has 8 heteroatoms. The molecule has 1 aromatic rings. The second-order valence-electron chi connectivity index (χ2n) is 4.76. The predicted octanol–water partition coefficient (Wildman–Crippen LogP) is 1.98. The summed E-state index contributed by atoms with van der Waals surface area (Å²) in [5, 5.41) is 8.77. The van der Waals surface area contributed by atoms with Crippen LogP contribution in [0, 0.1) is 0 Å². The molecule has 0 radical (unpaired) electrons. The highest BCUT2D eigenvalue weighted by atomic mass is 32.2. The molecular formula is C13H18F3NO3S. The van der Waals surface area contributed by atoms with E-state index in [1.54, 1.807) is 37.3 Å². The lowest BCUT2D eigenvalue weighted by Crippen LogP contribution is -2.42. The largest absolute Gasteiger partial charge is 0.402 e.